The summed E-state index contributed by atoms with van der Waals surface area (Å²) in [5.41, 5.74) is 0.594. The van der Waals surface area contributed by atoms with Crippen LogP contribution in [-0.4, -0.2) is 45.9 Å². The van der Waals surface area contributed by atoms with Crippen LogP contribution in [-0.2, 0) is 20.2 Å². The normalized spacial score (nSPS) is 11.4. The van der Waals surface area contributed by atoms with E-state index in [4.69, 9.17) is 0 Å². The number of nitrogens with zero attached hydrogens (tertiary/aromatic N) is 4. The van der Waals surface area contributed by atoms with Gasteiger partial charge in [-0.05, 0) is 83.9 Å². The average molecular weight is 1010 g/mol. The van der Waals surface area contributed by atoms with Crippen molar-refractivity contribution in [2.24, 2.45) is 0 Å². The Bertz CT molecular complexity index is 2870. The summed E-state index contributed by atoms with van der Waals surface area (Å²) in [5, 5.41) is 8.71. The van der Waals surface area contributed by atoms with Gasteiger partial charge in [-0.15, -0.1) is 0 Å². The number of hydrogen-bond donors (Lipinski definition) is 4. The van der Waals surface area contributed by atoms with E-state index in [9.17, 15) is 25.9 Å². The van der Waals surface area contributed by atoms with Gasteiger partial charge in [0.05, 0.1) is 0 Å². The fourth-order valence-corrected chi connectivity index (χ4v) is 10.9. The molecule has 12 nitrogen and oxygen atoms in total. The van der Waals surface area contributed by atoms with Crippen molar-refractivity contribution in [3.05, 3.63) is 181 Å². The maximum atomic E-state index is 12.8. The van der Waals surface area contributed by atoms with Crippen LogP contribution in [0.25, 0.3) is 12.2 Å². The smallest absolute Gasteiger partial charge is 1.00 e. The van der Waals surface area contributed by atoms with Gasteiger partial charge in [0, 0.05) is 43.1 Å². The molecule has 8 rings (SSSR count). The summed E-state index contributed by atoms with van der Waals surface area (Å²) < 4.78 is 71.8. The van der Waals surface area contributed by atoms with E-state index < -0.39 is 30.0 Å². The third kappa shape index (κ3) is 14.8. The Morgan fingerprint density at radius 3 is 0.939 bits per heavy atom. The van der Waals surface area contributed by atoms with Gasteiger partial charge in [0.1, 0.15) is 29.9 Å². The van der Waals surface area contributed by atoms with E-state index in [1.165, 1.54) is 83.5 Å². The Morgan fingerprint density at radius 2 is 0.682 bits per heavy atom. The molecular formula is C46H36N6Na2O6S6. The zero-order chi connectivity index (χ0) is 44.5. The molecule has 0 aliphatic rings. The molecule has 0 fully saturated rings. The number of rotatable bonds is 16. The first-order chi connectivity index (χ1) is 30.9. The predicted octanol–water partition coefficient (Wildman–Crippen LogP) is 6.26. The van der Waals surface area contributed by atoms with Crippen LogP contribution in [0, 0.1) is 0 Å². The van der Waals surface area contributed by atoms with E-state index in [2.05, 4.69) is 30.6 Å². The molecule has 0 atom stereocenters. The van der Waals surface area contributed by atoms with Gasteiger partial charge in [0.2, 0.25) is 11.9 Å². The quantitative estimate of drug-likeness (QED) is 0.0368. The molecule has 2 aromatic heterocycles. The molecule has 324 valence electrons. The van der Waals surface area contributed by atoms with Gasteiger partial charge in [-0.2, -0.15) is 16.8 Å². The number of anilines is 4. The van der Waals surface area contributed by atoms with Crippen molar-refractivity contribution in [1.29, 1.82) is 0 Å². The second-order valence-corrected chi connectivity index (χ2v) is 20.6. The van der Waals surface area contributed by atoms with Crippen LogP contribution in [0.1, 0.15) is 14.0 Å². The first-order valence-corrected chi connectivity index (χ1v) is 25.2. The van der Waals surface area contributed by atoms with Gasteiger partial charge in [-0.25, -0.2) is 19.9 Å². The fraction of sp³-hybridized carbons (Fsp3) is 0. The van der Waals surface area contributed by atoms with Crippen LogP contribution >= 0.6 is 47.0 Å². The molecule has 20 heteroatoms. The summed E-state index contributed by atoms with van der Waals surface area (Å²) >= 11 is 5.74. The van der Waals surface area contributed by atoms with E-state index >= 15 is 0 Å². The second kappa shape index (κ2) is 23.9. The van der Waals surface area contributed by atoms with Gasteiger partial charge < -0.3 is 13.5 Å². The fourth-order valence-electron chi connectivity index (χ4n) is 5.95. The van der Waals surface area contributed by atoms with Gasteiger partial charge in [-0.3, -0.25) is 9.11 Å². The molecule has 2 heterocycles. The Hall–Kier alpha value is -3.96. The van der Waals surface area contributed by atoms with Crippen LogP contribution in [0.2, 0.25) is 0 Å². The minimum absolute atomic E-state index is 0. The summed E-state index contributed by atoms with van der Waals surface area (Å²) in [5.74, 6) is 0.377. The second-order valence-electron chi connectivity index (χ2n) is 13.4. The molecule has 6 aromatic carbocycles. The van der Waals surface area contributed by atoms with E-state index in [1.54, 1.807) is 12.1 Å². The summed E-state index contributed by atoms with van der Waals surface area (Å²) in [6, 6.07) is 51.0. The van der Waals surface area contributed by atoms with Crippen LogP contribution in [0.5, 0.6) is 0 Å². The molecule has 4 N–H and O–H groups in total. The molecule has 0 unspecified atom stereocenters. The van der Waals surface area contributed by atoms with E-state index in [0.717, 1.165) is 19.6 Å². The third-order valence-corrected chi connectivity index (χ3v) is 14.3. The van der Waals surface area contributed by atoms with Crippen molar-refractivity contribution >= 4 is 103 Å². The number of nitrogens with one attached hydrogen (secondary N) is 2. The monoisotopic (exact) mass is 1010 g/mol. The summed E-state index contributed by atoms with van der Waals surface area (Å²) in [6.07, 6.45) is 2.65. The van der Waals surface area contributed by atoms with E-state index in [-0.39, 0.29) is 96.4 Å². The molecule has 0 spiro atoms. The summed E-state index contributed by atoms with van der Waals surface area (Å²) in [6.45, 7) is 0. The average Bonchev–Trinajstić information content (AvgIpc) is 3.27. The summed E-state index contributed by atoms with van der Waals surface area (Å²) in [4.78, 5) is 21.6. The third-order valence-electron chi connectivity index (χ3n) is 8.76. The number of hydrogen-bond acceptors (Lipinski definition) is 14. The standard InChI is InChI=1S/C46H34N6O6S6.2Na.2H/c53-63(54,55)39-27-33(47-45-49-41(59-35-13-5-1-6-14-35)29-42(50-45)60-36-15-7-2-8-16-36)25-23-31(39)21-22-32-24-26-34(28-40(32)64(56,57)58)48-46-51-43(61-37-17-9-3-10-18-37)30-44(52-46)62-38-19-11-4-12-20-38;;;;/h1-30H,(H,47,49,50)(H,48,51,52)(H,53,54,55)(H,56,57,58);;;;/q;2*+1;2*-1/b22-21+;;;;. The Kier molecular flexibility index (Phi) is 18.6. The molecule has 0 radical (unpaired) electrons. The van der Waals surface area contributed by atoms with Crippen molar-refractivity contribution in [3.63, 3.8) is 0 Å². The van der Waals surface area contributed by atoms with Crippen molar-refractivity contribution in [2.45, 2.75) is 49.5 Å². The van der Waals surface area contributed by atoms with Crippen molar-refractivity contribution in [1.82, 2.24) is 19.9 Å². The Balaban J connectivity index is 0.00000252. The minimum atomic E-state index is -4.81. The maximum absolute atomic E-state index is 12.8. The van der Waals surface area contributed by atoms with Crippen LogP contribution in [0.15, 0.2) is 219 Å². The van der Waals surface area contributed by atoms with Crippen molar-refractivity contribution in [3.8, 4) is 0 Å². The van der Waals surface area contributed by atoms with E-state index in [1.807, 2.05) is 133 Å². The zero-order valence-corrected chi connectivity index (χ0v) is 44.0. The zero-order valence-electron chi connectivity index (χ0n) is 37.1. The van der Waals surface area contributed by atoms with Crippen LogP contribution in [0.4, 0.5) is 23.3 Å². The van der Waals surface area contributed by atoms with Crippen molar-refractivity contribution in [2.75, 3.05) is 10.6 Å². The molecule has 0 bridgehead atoms. The first-order valence-electron chi connectivity index (χ1n) is 19.0. The largest absolute Gasteiger partial charge is 1.00 e. The van der Waals surface area contributed by atoms with E-state index in [0.29, 0.717) is 20.1 Å². The predicted molar refractivity (Wildman–Crippen MR) is 257 cm³/mol. The molecular weight excluding hydrogens is 971 g/mol. The number of benzene rings is 6. The molecule has 8 aromatic rings. The SMILES string of the molecule is O=S(=O)(O)c1cc(Nc2nc(Sc3ccccc3)cc(Sc3ccccc3)n2)ccc1/C=C/c1ccc(Nc2nc(Sc3ccccc3)cc(Sc3ccccc3)n2)cc1S(=O)(=O)O.[H-].[H-].[Na+].[Na+]. The maximum Gasteiger partial charge on any atom is 1.00 e. The molecule has 66 heavy (non-hydrogen) atoms. The van der Waals surface area contributed by atoms with Crippen LogP contribution < -0.4 is 69.7 Å². The molecule has 0 aliphatic carbocycles. The molecule has 0 saturated carbocycles. The first kappa shape index (κ1) is 51.4. The van der Waals surface area contributed by atoms with Crippen molar-refractivity contribution < 1.29 is 87.9 Å². The topological polar surface area (TPSA) is 184 Å². The summed E-state index contributed by atoms with van der Waals surface area (Å²) in [7, 11) is -9.63. The van der Waals surface area contributed by atoms with Gasteiger partial charge in [0.15, 0.2) is 0 Å². The molecule has 0 saturated heterocycles. The van der Waals surface area contributed by atoms with Crippen LogP contribution in [0.3, 0.4) is 0 Å². The number of aromatic nitrogens is 4. The molecule has 0 amide bonds. The minimum Gasteiger partial charge on any atom is -1.00 e. The Morgan fingerprint density at radius 1 is 0.409 bits per heavy atom. The Labute approximate surface area is 446 Å². The van der Waals surface area contributed by atoms with Gasteiger partial charge >= 0.3 is 59.1 Å². The van der Waals surface area contributed by atoms with Gasteiger partial charge in [0.25, 0.3) is 20.2 Å². The molecule has 0 aliphatic heterocycles. The van der Waals surface area contributed by atoms with Gasteiger partial charge in [-0.1, -0.05) is 144 Å².